The molecule has 10 nitrogen and oxygen atoms in total. The fraction of sp³-hybridized carbons (Fsp3) is 0.333. The first-order valence-electron chi connectivity index (χ1n) is 18.5. The summed E-state index contributed by atoms with van der Waals surface area (Å²) in [7, 11) is -2.87. The third kappa shape index (κ3) is 6.11. The van der Waals surface area contributed by atoms with Crippen molar-refractivity contribution in [3.63, 3.8) is 0 Å². The number of amides is 2. The lowest BCUT2D eigenvalue weighted by Crippen LogP contribution is -2.46. The molecule has 1 saturated heterocycles. The molecule has 5 atom stereocenters. The van der Waals surface area contributed by atoms with Crippen LogP contribution < -0.4 is 9.80 Å². The zero-order valence-corrected chi connectivity index (χ0v) is 31.3. The predicted molar refractivity (Wildman–Crippen MR) is 205 cm³/mol. The van der Waals surface area contributed by atoms with Crippen molar-refractivity contribution in [1.82, 2.24) is 15.0 Å². The lowest BCUT2D eigenvalue weighted by atomic mass is 9.82. The van der Waals surface area contributed by atoms with Crippen molar-refractivity contribution in [1.29, 1.82) is 0 Å². The molecule has 11 heteroatoms. The Morgan fingerprint density at radius 1 is 0.925 bits per heavy atom. The van der Waals surface area contributed by atoms with Gasteiger partial charge in [-0.1, -0.05) is 91.0 Å². The second kappa shape index (κ2) is 13.8. The summed E-state index contributed by atoms with van der Waals surface area (Å²) in [5.74, 6) is -0.675. The topological polar surface area (TPSA) is 121 Å². The number of nitrogens with zero attached hydrogens (tertiary/aromatic N) is 5. The summed E-state index contributed by atoms with van der Waals surface area (Å²) in [5, 5.41) is 19.0. The smallest absolute Gasteiger partial charge is 0.264 e. The number of para-hydroxylation sites is 2. The van der Waals surface area contributed by atoms with Gasteiger partial charge in [0.15, 0.2) is 13.9 Å². The third-order valence-corrected chi connectivity index (χ3v) is 13.9. The number of aromatic nitrogens is 3. The molecule has 5 aromatic rings. The number of ether oxygens (including phenoxy) is 1. The van der Waals surface area contributed by atoms with Crippen molar-refractivity contribution in [2.45, 2.75) is 75.5 Å². The van der Waals surface area contributed by atoms with Crippen molar-refractivity contribution in [2.75, 3.05) is 16.4 Å². The van der Waals surface area contributed by atoms with Gasteiger partial charge in [-0.2, -0.15) is 0 Å². The van der Waals surface area contributed by atoms with Gasteiger partial charge in [0.1, 0.15) is 0 Å². The van der Waals surface area contributed by atoms with Crippen molar-refractivity contribution < 1.29 is 24.2 Å². The van der Waals surface area contributed by atoms with Gasteiger partial charge >= 0.3 is 0 Å². The second-order valence-corrected chi connectivity index (χ2v) is 19.1. The highest BCUT2D eigenvalue weighted by Gasteiger charge is 2.66. The molecule has 0 bridgehead atoms. The van der Waals surface area contributed by atoms with Gasteiger partial charge < -0.3 is 19.5 Å². The number of aliphatic hydroxyl groups excluding tert-OH is 1. The van der Waals surface area contributed by atoms with Crippen LogP contribution in [0.4, 0.5) is 17.1 Å². The molecule has 4 heterocycles. The number of anilines is 3. The minimum Gasteiger partial charge on any atom is -0.432 e. The summed E-state index contributed by atoms with van der Waals surface area (Å²) < 4.78 is 8.80. The van der Waals surface area contributed by atoms with Crippen LogP contribution in [-0.4, -0.2) is 57.7 Å². The monoisotopic (exact) mass is 727 g/mol. The van der Waals surface area contributed by atoms with Gasteiger partial charge in [-0.3, -0.25) is 19.2 Å². The highest BCUT2D eigenvalue weighted by atomic mass is 28.4. The second-order valence-electron chi connectivity index (χ2n) is 15.1. The number of aliphatic hydroxyl groups is 1. The molecule has 0 radical (unpaired) electrons. The molecule has 1 spiro atoms. The molecule has 53 heavy (non-hydrogen) atoms. The molecule has 8 rings (SSSR count). The molecular formula is C42H45N5O5Si. The van der Waals surface area contributed by atoms with Crippen LogP contribution in [0, 0.1) is 5.92 Å². The van der Waals surface area contributed by atoms with Crippen LogP contribution in [0.2, 0.25) is 18.6 Å². The van der Waals surface area contributed by atoms with E-state index in [4.69, 9.17) is 4.74 Å². The zero-order chi connectivity index (χ0) is 36.9. The number of benzene rings is 4. The van der Waals surface area contributed by atoms with Crippen LogP contribution in [0.5, 0.6) is 0 Å². The van der Waals surface area contributed by atoms with Crippen LogP contribution in [0.1, 0.15) is 53.6 Å². The first-order chi connectivity index (χ1) is 25.6. The highest BCUT2D eigenvalue weighted by molar-refractivity contribution is 6.71. The third-order valence-electron chi connectivity index (χ3n) is 11.4. The fourth-order valence-electron chi connectivity index (χ4n) is 9.04. The molecule has 4 aromatic carbocycles. The van der Waals surface area contributed by atoms with E-state index in [9.17, 15) is 19.5 Å². The van der Waals surface area contributed by atoms with E-state index in [1.54, 1.807) is 9.58 Å². The standard InChI is InChI=1S/C42H45N5O5Si/c1-28-40(53(2,3)51)38(22-23-45-26-35(43-44-45)33(27-48)30-13-5-4-6-14-30)52-42(28)34-17-8-10-19-37(34)46(41(42)50)25-29-12-11-16-32(24-29)47-36-18-9-7-15-31(36)20-21-39(47)49/h4-19,24,26,28,33,38,40,48,51H,20-23,25,27H2,1-3H3/t28-,33?,38+,40-,42+/m0/s1. The zero-order valence-electron chi connectivity index (χ0n) is 30.3. The first kappa shape index (κ1) is 35.1. The molecule has 0 saturated carbocycles. The van der Waals surface area contributed by atoms with E-state index in [2.05, 4.69) is 16.4 Å². The van der Waals surface area contributed by atoms with E-state index < -0.39 is 20.0 Å². The van der Waals surface area contributed by atoms with Gasteiger partial charge in [-0.25, -0.2) is 0 Å². The molecule has 2 amide bonds. The summed E-state index contributed by atoms with van der Waals surface area (Å²) in [6.07, 6.45) is 3.14. The average Bonchev–Trinajstić information content (AvgIpc) is 3.82. The Kier molecular flexibility index (Phi) is 9.14. The maximum absolute atomic E-state index is 15.0. The quantitative estimate of drug-likeness (QED) is 0.159. The van der Waals surface area contributed by atoms with Gasteiger partial charge in [-0.05, 0) is 66.9 Å². The van der Waals surface area contributed by atoms with E-state index in [0.29, 0.717) is 31.6 Å². The number of hydrogen-bond acceptors (Lipinski definition) is 7. The molecule has 1 aromatic heterocycles. The number of hydrogen-bond donors (Lipinski definition) is 2. The van der Waals surface area contributed by atoms with E-state index in [1.165, 1.54) is 0 Å². The number of carbonyl (C=O) groups is 2. The molecule has 0 aliphatic carbocycles. The lowest BCUT2D eigenvalue weighted by molar-refractivity contribution is -0.146. The Morgan fingerprint density at radius 3 is 2.43 bits per heavy atom. The maximum atomic E-state index is 15.0. The van der Waals surface area contributed by atoms with Crippen LogP contribution in [-0.2, 0) is 39.4 Å². The van der Waals surface area contributed by atoms with Gasteiger partial charge in [0.2, 0.25) is 5.91 Å². The molecular weight excluding hydrogens is 683 g/mol. The van der Waals surface area contributed by atoms with Crippen LogP contribution in [0.25, 0.3) is 0 Å². The Bertz CT molecular complexity index is 2150. The number of carbonyl (C=O) groups excluding carboxylic acids is 2. The molecule has 272 valence electrons. The van der Waals surface area contributed by atoms with E-state index in [0.717, 1.165) is 45.7 Å². The van der Waals surface area contributed by atoms with Gasteiger partial charge in [0.05, 0.1) is 42.2 Å². The van der Waals surface area contributed by atoms with Crippen molar-refractivity contribution in [3.05, 3.63) is 137 Å². The van der Waals surface area contributed by atoms with Crippen LogP contribution >= 0.6 is 0 Å². The predicted octanol–water partition coefficient (Wildman–Crippen LogP) is 6.45. The summed E-state index contributed by atoms with van der Waals surface area (Å²) >= 11 is 0. The maximum Gasteiger partial charge on any atom is 0.264 e. The van der Waals surface area contributed by atoms with Gasteiger partial charge in [0.25, 0.3) is 5.91 Å². The first-order valence-corrected chi connectivity index (χ1v) is 21.5. The van der Waals surface area contributed by atoms with E-state index >= 15 is 0 Å². The minimum absolute atomic E-state index is 0.0509. The highest BCUT2D eigenvalue weighted by Crippen LogP contribution is 2.59. The lowest BCUT2D eigenvalue weighted by Gasteiger charge is -2.32. The summed E-state index contributed by atoms with van der Waals surface area (Å²) in [6.45, 7) is 6.59. The Hall–Kier alpha value is -4.94. The fourth-order valence-corrected chi connectivity index (χ4v) is 11.6. The SMILES string of the molecule is C[C@H]1[C@H]([Si](C)(C)O)[C@@H](CCn2cc(C(CO)c3ccccc3)nn2)O[C@]12C(=O)N(Cc1cccc(N3C(=O)CCc4ccccc43)c1)c1ccccc12. The number of rotatable bonds is 10. The average molecular weight is 728 g/mol. The van der Waals surface area contributed by atoms with E-state index in [1.807, 2.05) is 128 Å². The molecule has 3 aliphatic rings. The summed E-state index contributed by atoms with van der Waals surface area (Å²) in [6, 6.07) is 33.5. The summed E-state index contributed by atoms with van der Waals surface area (Å²) in [4.78, 5) is 43.5. The molecule has 1 fully saturated rings. The van der Waals surface area contributed by atoms with Crippen molar-refractivity contribution in [2.24, 2.45) is 5.92 Å². The molecule has 3 aliphatic heterocycles. The number of fused-ring (bicyclic) bond motifs is 3. The Morgan fingerprint density at radius 2 is 1.66 bits per heavy atom. The number of aryl methyl sites for hydroxylation is 2. The van der Waals surface area contributed by atoms with Crippen molar-refractivity contribution in [3.8, 4) is 0 Å². The van der Waals surface area contributed by atoms with Crippen LogP contribution in [0.3, 0.4) is 0 Å². The molecule has 2 N–H and O–H groups in total. The van der Waals surface area contributed by atoms with E-state index in [-0.39, 0.29) is 35.8 Å². The largest absolute Gasteiger partial charge is 0.432 e. The summed E-state index contributed by atoms with van der Waals surface area (Å²) in [5.41, 5.74) is 5.47. The van der Waals surface area contributed by atoms with Gasteiger partial charge in [-0.15, -0.1) is 5.10 Å². The van der Waals surface area contributed by atoms with Crippen LogP contribution in [0.15, 0.2) is 109 Å². The minimum atomic E-state index is -2.87. The van der Waals surface area contributed by atoms with Crippen molar-refractivity contribution >= 4 is 37.2 Å². The molecule has 1 unspecified atom stereocenters. The van der Waals surface area contributed by atoms with Gasteiger partial charge in [0, 0.05) is 41.9 Å². The Labute approximate surface area is 310 Å². The Balaban J connectivity index is 1.07. The normalized spacial score (nSPS) is 23.1.